The largest absolute Gasteiger partial charge is 0.496 e. The molecule has 0 aliphatic rings. The number of hydrogen-bond donors (Lipinski definition) is 1. The molecule has 1 atom stereocenters. The first kappa shape index (κ1) is 15.6. The van der Waals surface area contributed by atoms with E-state index in [9.17, 15) is 5.11 Å². The van der Waals surface area contributed by atoms with Gasteiger partial charge in [-0.05, 0) is 42.2 Å². The molecule has 0 aliphatic carbocycles. The number of methoxy groups -OCH3 is 1. The van der Waals surface area contributed by atoms with Gasteiger partial charge in [0.15, 0.2) is 0 Å². The third kappa shape index (κ3) is 3.38. The molecule has 1 unspecified atom stereocenters. The number of fused-ring (bicyclic) bond motifs is 1. The SMILES string of the molecule is COc1ccc2ccccc2c1CCC(O)c1ccc(C)cc1. The van der Waals surface area contributed by atoms with E-state index >= 15 is 0 Å². The minimum Gasteiger partial charge on any atom is -0.496 e. The van der Waals surface area contributed by atoms with Crippen LogP contribution in [0.2, 0.25) is 0 Å². The Hall–Kier alpha value is -2.32. The average molecular weight is 306 g/mol. The standard InChI is InChI=1S/C21H22O2/c1-15-7-9-17(10-8-15)20(22)13-12-19-18-6-4-3-5-16(18)11-14-21(19)23-2/h3-11,14,20,22H,12-13H2,1-2H3. The van der Waals surface area contributed by atoms with Gasteiger partial charge in [0.25, 0.3) is 0 Å². The van der Waals surface area contributed by atoms with Gasteiger partial charge in [-0.2, -0.15) is 0 Å². The van der Waals surface area contributed by atoms with Crippen molar-refractivity contribution >= 4 is 10.8 Å². The third-order valence-electron chi connectivity index (χ3n) is 4.35. The molecule has 0 saturated heterocycles. The number of hydrogen-bond acceptors (Lipinski definition) is 2. The summed E-state index contributed by atoms with van der Waals surface area (Å²) in [6, 6.07) is 20.5. The van der Waals surface area contributed by atoms with Crippen LogP contribution in [-0.2, 0) is 6.42 Å². The van der Waals surface area contributed by atoms with Crippen molar-refractivity contribution in [3.63, 3.8) is 0 Å². The van der Waals surface area contributed by atoms with Crippen molar-refractivity contribution in [2.75, 3.05) is 7.11 Å². The number of aliphatic hydroxyl groups excluding tert-OH is 1. The minimum atomic E-state index is -0.459. The molecule has 23 heavy (non-hydrogen) atoms. The average Bonchev–Trinajstić information content (AvgIpc) is 2.59. The molecule has 0 bridgehead atoms. The fourth-order valence-corrected chi connectivity index (χ4v) is 3.00. The Kier molecular flexibility index (Phi) is 4.63. The Morgan fingerprint density at radius 1 is 0.957 bits per heavy atom. The van der Waals surface area contributed by atoms with Gasteiger partial charge >= 0.3 is 0 Å². The van der Waals surface area contributed by atoms with E-state index in [-0.39, 0.29) is 0 Å². The highest BCUT2D eigenvalue weighted by molar-refractivity contribution is 5.87. The van der Waals surface area contributed by atoms with Gasteiger partial charge < -0.3 is 9.84 Å². The fourth-order valence-electron chi connectivity index (χ4n) is 3.00. The van der Waals surface area contributed by atoms with Crippen molar-refractivity contribution in [1.82, 2.24) is 0 Å². The van der Waals surface area contributed by atoms with Gasteiger partial charge in [-0.3, -0.25) is 0 Å². The summed E-state index contributed by atoms with van der Waals surface area (Å²) in [5.74, 6) is 0.889. The van der Waals surface area contributed by atoms with E-state index in [4.69, 9.17) is 4.74 Å². The topological polar surface area (TPSA) is 29.5 Å². The molecule has 3 rings (SSSR count). The molecule has 1 N–H and O–H groups in total. The predicted octanol–water partition coefficient (Wildman–Crippen LogP) is 4.82. The lowest BCUT2D eigenvalue weighted by Crippen LogP contribution is -2.01. The van der Waals surface area contributed by atoms with Crippen LogP contribution in [-0.4, -0.2) is 12.2 Å². The van der Waals surface area contributed by atoms with Gasteiger partial charge in [-0.1, -0.05) is 60.2 Å². The summed E-state index contributed by atoms with van der Waals surface area (Å²) >= 11 is 0. The van der Waals surface area contributed by atoms with Crippen LogP contribution in [0.5, 0.6) is 5.75 Å². The van der Waals surface area contributed by atoms with Crippen molar-refractivity contribution in [1.29, 1.82) is 0 Å². The van der Waals surface area contributed by atoms with E-state index in [2.05, 4.69) is 25.1 Å². The number of aryl methyl sites for hydroxylation is 2. The fraction of sp³-hybridized carbons (Fsp3) is 0.238. The maximum absolute atomic E-state index is 10.5. The lowest BCUT2D eigenvalue weighted by atomic mass is 9.96. The molecule has 0 aliphatic heterocycles. The molecule has 0 amide bonds. The minimum absolute atomic E-state index is 0.459. The second-order valence-corrected chi connectivity index (χ2v) is 5.93. The van der Waals surface area contributed by atoms with Crippen LogP contribution in [0.3, 0.4) is 0 Å². The lowest BCUT2D eigenvalue weighted by Gasteiger charge is -2.15. The van der Waals surface area contributed by atoms with Crippen molar-refractivity contribution in [2.45, 2.75) is 25.9 Å². The molecule has 2 heteroatoms. The number of benzene rings is 3. The maximum atomic E-state index is 10.5. The Morgan fingerprint density at radius 2 is 1.70 bits per heavy atom. The van der Waals surface area contributed by atoms with Crippen molar-refractivity contribution < 1.29 is 9.84 Å². The lowest BCUT2D eigenvalue weighted by molar-refractivity contribution is 0.167. The molecule has 0 heterocycles. The molecule has 3 aromatic rings. The summed E-state index contributed by atoms with van der Waals surface area (Å²) in [5, 5.41) is 12.9. The van der Waals surface area contributed by atoms with Gasteiger partial charge in [0, 0.05) is 5.56 Å². The predicted molar refractivity (Wildman–Crippen MR) is 95.0 cm³/mol. The second kappa shape index (κ2) is 6.84. The molecule has 0 aromatic heterocycles. The molecule has 118 valence electrons. The molecule has 2 nitrogen and oxygen atoms in total. The van der Waals surface area contributed by atoms with Crippen LogP contribution in [0.4, 0.5) is 0 Å². The van der Waals surface area contributed by atoms with Gasteiger partial charge in [0.05, 0.1) is 13.2 Å². The van der Waals surface area contributed by atoms with E-state index in [0.717, 1.165) is 23.3 Å². The number of aliphatic hydroxyl groups is 1. The Morgan fingerprint density at radius 3 is 2.43 bits per heavy atom. The zero-order chi connectivity index (χ0) is 16.2. The first-order valence-electron chi connectivity index (χ1n) is 7.98. The van der Waals surface area contributed by atoms with Crippen molar-refractivity contribution in [2.24, 2.45) is 0 Å². The Labute approximate surface area is 137 Å². The Balaban J connectivity index is 1.84. The molecule has 0 fully saturated rings. The van der Waals surface area contributed by atoms with E-state index in [1.807, 2.05) is 42.5 Å². The summed E-state index contributed by atoms with van der Waals surface area (Å²) < 4.78 is 5.53. The summed E-state index contributed by atoms with van der Waals surface area (Å²) in [7, 11) is 1.70. The van der Waals surface area contributed by atoms with Gasteiger partial charge in [0.2, 0.25) is 0 Å². The smallest absolute Gasteiger partial charge is 0.122 e. The third-order valence-corrected chi connectivity index (χ3v) is 4.35. The zero-order valence-corrected chi connectivity index (χ0v) is 13.6. The van der Waals surface area contributed by atoms with Crippen LogP contribution in [0.1, 0.15) is 29.2 Å². The molecule has 0 saturated carbocycles. The second-order valence-electron chi connectivity index (χ2n) is 5.93. The van der Waals surface area contributed by atoms with E-state index in [1.54, 1.807) is 7.11 Å². The normalized spacial score (nSPS) is 12.3. The van der Waals surface area contributed by atoms with Crippen molar-refractivity contribution in [3.8, 4) is 5.75 Å². The molecule has 3 aromatic carbocycles. The monoisotopic (exact) mass is 306 g/mol. The first-order valence-corrected chi connectivity index (χ1v) is 7.98. The highest BCUT2D eigenvalue weighted by Gasteiger charge is 2.12. The first-order chi connectivity index (χ1) is 11.2. The van der Waals surface area contributed by atoms with Gasteiger partial charge in [-0.15, -0.1) is 0 Å². The van der Waals surface area contributed by atoms with Gasteiger partial charge in [0.1, 0.15) is 5.75 Å². The molecular formula is C21H22O2. The molecule has 0 radical (unpaired) electrons. The van der Waals surface area contributed by atoms with E-state index < -0.39 is 6.10 Å². The van der Waals surface area contributed by atoms with Crippen LogP contribution < -0.4 is 4.74 Å². The molecule has 0 spiro atoms. The van der Waals surface area contributed by atoms with Crippen molar-refractivity contribution in [3.05, 3.63) is 77.4 Å². The maximum Gasteiger partial charge on any atom is 0.122 e. The van der Waals surface area contributed by atoms with Crippen LogP contribution >= 0.6 is 0 Å². The van der Waals surface area contributed by atoms with Crippen LogP contribution in [0.15, 0.2) is 60.7 Å². The number of ether oxygens (including phenoxy) is 1. The van der Waals surface area contributed by atoms with Crippen LogP contribution in [0.25, 0.3) is 10.8 Å². The van der Waals surface area contributed by atoms with Gasteiger partial charge in [-0.25, -0.2) is 0 Å². The zero-order valence-electron chi connectivity index (χ0n) is 13.6. The highest BCUT2D eigenvalue weighted by Crippen LogP contribution is 2.31. The number of rotatable bonds is 5. The summed E-state index contributed by atoms with van der Waals surface area (Å²) in [4.78, 5) is 0. The summed E-state index contributed by atoms with van der Waals surface area (Å²) in [6.07, 6.45) is 0.992. The quantitative estimate of drug-likeness (QED) is 0.732. The summed E-state index contributed by atoms with van der Waals surface area (Å²) in [5.41, 5.74) is 3.34. The van der Waals surface area contributed by atoms with E-state index in [0.29, 0.717) is 6.42 Å². The Bertz CT molecular complexity index is 791. The van der Waals surface area contributed by atoms with E-state index in [1.165, 1.54) is 16.3 Å². The summed E-state index contributed by atoms with van der Waals surface area (Å²) in [6.45, 7) is 2.05. The van der Waals surface area contributed by atoms with Crippen LogP contribution in [0, 0.1) is 6.92 Å². The highest BCUT2D eigenvalue weighted by atomic mass is 16.5. The molecular weight excluding hydrogens is 284 g/mol.